The Bertz CT molecular complexity index is 685. The first-order valence-corrected chi connectivity index (χ1v) is 8.44. The number of hydrogen-bond acceptors (Lipinski definition) is 4. The number of nitrogens with one attached hydrogen (secondary N) is 3. The third kappa shape index (κ3) is 3.78. The summed E-state index contributed by atoms with van der Waals surface area (Å²) in [7, 11) is 0. The number of alkyl carbamates (subject to hydrolysis) is 1. The highest BCUT2D eigenvalue weighted by Gasteiger charge is 2.34. The number of cyclic esters (lactones) is 1. The van der Waals surface area contributed by atoms with Crippen LogP contribution in [0, 0.1) is 5.92 Å². The summed E-state index contributed by atoms with van der Waals surface area (Å²) < 4.78 is 4.69. The fourth-order valence-corrected chi connectivity index (χ4v) is 2.89. The van der Waals surface area contributed by atoms with E-state index < -0.39 is 12.1 Å². The molecule has 0 aliphatic carbocycles. The lowest BCUT2D eigenvalue weighted by Crippen LogP contribution is -2.55. The number of H-pyrrole nitrogens is 1. The van der Waals surface area contributed by atoms with Crippen molar-refractivity contribution in [1.82, 2.24) is 20.5 Å². The summed E-state index contributed by atoms with van der Waals surface area (Å²) in [4.78, 5) is 40.2. The van der Waals surface area contributed by atoms with Crippen LogP contribution in [0.2, 0.25) is 0 Å². The molecule has 2 aliphatic heterocycles. The van der Waals surface area contributed by atoms with Crippen molar-refractivity contribution in [3.63, 3.8) is 0 Å². The normalized spacial score (nSPS) is 20.7. The van der Waals surface area contributed by atoms with E-state index in [1.807, 2.05) is 12.1 Å². The van der Waals surface area contributed by atoms with E-state index in [0.29, 0.717) is 25.3 Å². The lowest BCUT2D eigenvalue weighted by molar-refractivity contribution is -0.123. The molecule has 3 rings (SSSR count). The van der Waals surface area contributed by atoms with Gasteiger partial charge < -0.3 is 25.3 Å². The zero-order valence-electron chi connectivity index (χ0n) is 14.7. The molecule has 3 N–H and O–H groups in total. The van der Waals surface area contributed by atoms with Crippen molar-refractivity contribution in [2.45, 2.75) is 32.2 Å². The van der Waals surface area contributed by atoms with Gasteiger partial charge in [-0.2, -0.15) is 0 Å². The van der Waals surface area contributed by atoms with Crippen molar-refractivity contribution in [2.24, 2.45) is 5.92 Å². The van der Waals surface area contributed by atoms with Gasteiger partial charge >= 0.3 is 6.09 Å². The number of likely N-dealkylation sites (tertiary alicyclic amines) is 1. The molecule has 2 saturated heterocycles. The molecule has 0 radical (unpaired) electrons. The Labute approximate surface area is 146 Å². The first-order valence-electron chi connectivity index (χ1n) is 8.44. The van der Waals surface area contributed by atoms with Gasteiger partial charge in [0.05, 0.1) is 0 Å². The molecule has 3 amide bonds. The van der Waals surface area contributed by atoms with Crippen LogP contribution in [0.15, 0.2) is 12.1 Å². The molecule has 0 aromatic carbocycles. The highest BCUT2D eigenvalue weighted by Crippen LogP contribution is 2.23. The molecular formula is C17H24N4O4. The second-order valence-electron chi connectivity index (χ2n) is 7.65. The van der Waals surface area contributed by atoms with Gasteiger partial charge in [-0.1, -0.05) is 20.8 Å². The highest BCUT2D eigenvalue weighted by atomic mass is 16.6. The standard InChI is InChI=1S/C17H24N4O4/c1-17(2,3)13-5-4-11(19-13)15(23)21-7-10(8-21)6-18-14(22)12-9-25-16(24)20-12/h4-5,10,12,19H,6-9H2,1-3H3,(H,18,22)(H,20,24)/t12-/m0/s1. The summed E-state index contributed by atoms with van der Waals surface area (Å²) >= 11 is 0. The Morgan fingerprint density at radius 1 is 1.32 bits per heavy atom. The second kappa shape index (κ2) is 6.42. The molecular weight excluding hydrogens is 324 g/mol. The second-order valence-corrected chi connectivity index (χ2v) is 7.65. The SMILES string of the molecule is CC(C)(C)c1ccc(C(=O)N2CC(CNC(=O)[C@@H]3COC(=O)N3)C2)[nH]1. The maximum atomic E-state index is 12.4. The van der Waals surface area contributed by atoms with Crippen molar-refractivity contribution in [2.75, 3.05) is 26.2 Å². The molecule has 0 spiro atoms. The first kappa shape index (κ1) is 17.3. The largest absolute Gasteiger partial charge is 0.447 e. The first-order chi connectivity index (χ1) is 11.7. The number of ether oxygens (including phenoxy) is 1. The summed E-state index contributed by atoms with van der Waals surface area (Å²) in [5, 5.41) is 5.23. The van der Waals surface area contributed by atoms with Crippen molar-refractivity contribution >= 4 is 17.9 Å². The predicted octanol–water partition coefficient (Wildman–Crippen LogP) is 0.609. The van der Waals surface area contributed by atoms with Crippen LogP contribution < -0.4 is 10.6 Å². The number of aromatic nitrogens is 1. The monoisotopic (exact) mass is 348 g/mol. The Kier molecular flexibility index (Phi) is 4.45. The van der Waals surface area contributed by atoms with Crippen LogP contribution >= 0.6 is 0 Å². The summed E-state index contributed by atoms with van der Waals surface area (Å²) in [5.74, 6) is -0.0488. The van der Waals surface area contributed by atoms with E-state index in [-0.39, 0.29) is 29.8 Å². The Balaban J connectivity index is 1.43. The van der Waals surface area contributed by atoms with Gasteiger partial charge in [0.1, 0.15) is 18.3 Å². The lowest BCUT2D eigenvalue weighted by Gasteiger charge is -2.39. The van der Waals surface area contributed by atoms with Crippen LogP contribution in [0.3, 0.4) is 0 Å². The maximum Gasteiger partial charge on any atom is 0.407 e. The molecule has 8 heteroatoms. The van der Waals surface area contributed by atoms with Crippen LogP contribution in [0.5, 0.6) is 0 Å². The quantitative estimate of drug-likeness (QED) is 0.741. The number of hydrogen-bond donors (Lipinski definition) is 3. The highest BCUT2D eigenvalue weighted by molar-refractivity contribution is 5.93. The molecule has 1 aromatic rings. The molecule has 8 nitrogen and oxygen atoms in total. The minimum atomic E-state index is -0.625. The summed E-state index contributed by atoms with van der Waals surface area (Å²) in [6.45, 7) is 8.02. The van der Waals surface area contributed by atoms with E-state index in [0.717, 1.165) is 5.69 Å². The van der Waals surface area contributed by atoms with Crippen LogP contribution in [0.1, 0.15) is 37.0 Å². The van der Waals surface area contributed by atoms with Crippen LogP contribution in [0.4, 0.5) is 4.79 Å². The van der Waals surface area contributed by atoms with E-state index in [2.05, 4.69) is 41.1 Å². The Hall–Kier alpha value is -2.51. The topological polar surface area (TPSA) is 104 Å². The van der Waals surface area contributed by atoms with E-state index in [1.165, 1.54) is 0 Å². The molecule has 0 unspecified atom stereocenters. The van der Waals surface area contributed by atoms with Gasteiger partial charge in [0.15, 0.2) is 0 Å². The number of carbonyl (C=O) groups excluding carboxylic acids is 3. The molecule has 1 aromatic heterocycles. The third-order valence-electron chi connectivity index (χ3n) is 4.52. The fraction of sp³-hybridized carbons (Fsp3) is 0.588. The molecule has 2 aliphatic rings. The molecule has 0 bridgehead atoms. The van der Waals surface area contributed by atoms with Gasteiger partial charge in [-0.15, -0.1) is 0 Å². The van der Waals surface area contributed by atoms with Gasteiger partial charge in [0.25, 0.3) is 5.91 Å². The van der Waals surface area contributed by atoms with E-state index >= 15 is 0 Å². The van der Waals surface area contributed by atoms with Gasteiger partial charge in [-0.3, -0.25) is 9.59 Å². The molecule has 1 atom stereocenters. The number of nitrogens with zero attached hydrogens (tertiary/aromatic N) is 1. The van der Waals surface area contributed by atoms with Crippen molar-refractivity contribution < 1.29 is 19.1 Å². The molecule has 136 valence electrons. The third-order valence-corrected chi connectivity index (χ3v) is 4.52. The fourth-order valence-electron chi connectivity index (χ4n) is 2.89. The van der Waals surface area contributed by atoms with Gasteiger partial charge in [0.2, 0.25) is 5.91 Å². The summed E-state index contributed by atoms with van der Waals surface area (Å²) in [5.41, 5.74) is 1.60. The Morgan fingerprint density at radius 3 is 2.60 bits per heavy atom. The lowest BCUT2D eigenvalue weighted by atomic mass is 9.93. The van der Waals surface area contributed by atoms with Crippen molar-refractivity contribution in [3.05, 3.63) is 23.5 Å². The number of carbonyl (C=O) groups is 3. The molecule has 0 saturated carbocycles. The average Bonchev–Trinajstić information content (AvgIpc) is 3.13. The van der Waals surface area contributed by atoms with Crippen molar-refractivity contribution in [1.29, 1.82) is 0 Å². The molecule has 3 heterocycles. The van der Waals surface area contributed by atoms with E-state index in [1.54, 1.807) is 4.90 Å². The van der Waals surface area contributed by atoms with Crippen LogP contribution in [0.25, 0.3) is 0 Å². The van der Waals surface area contributed by atoms with Gasteiger partial charge in [-0.05, 0) is 12.1 Å². The summed E-state index contributed by atoms with van der Waals surface area (Å²) in [6.07, 6.45) is -0.568. The minimum Gasteiger partial charge on any atom is -0.447 e. The van der Waals surface area contributed by atoms with Gasteiger partial charge in [-0.25, -0.2) is 4.79 Å². The maximum absolute atomic E-state index is 12.4. The molecule has 25 heavy (non-hydrogen) atoms. The number of aromatic amines is 1. The Morgan fingerprint density at radius 2 is 2.04 bits per heavy atom. The smallest absolute Gasteiger partial charge is 0.407 e. The predicted molar refractivity (Wildman–Crippen MR) is 90.2 cm³/mol. The number of rotatable bonds is 4. The zero-order chi connectivity index (χ0) is 18.2. The minimum absolute atomic E-state index is 0.0190. The average molecular weight is 348 g/mol. The van der Waals surface area contributed by atoms with E-state index in [4.69, 9.17) is 0 Å². The zero-order valence-corrected chi connectivity index (χ0v) is 14.7. The summed E-state index contributed by atoms with van der Waals surface area (Å²) in [6, 6.07) is 3.14. The van der Waals surface area contributed by atoms with Gasteiger partial charge in [0, 0.05) is 36.7 Å². The van der Waals surface area contributed by atoms with Crippen LogP contribution in [-0.4, -0.2) is 60.1 Å². The van der Waals surface area contributed by atoms with Crippen molar-refractivity contribution in [3.8, 4) is 0 Å². The van der Waals surface area contributed by atoms with Crippen LogP contribution in [-0.2, 0) is 14.9 Å². The number of amides is 3. The van der Waals surface area contributed by atoms with E-state index in [9.17, 15) is 14.4 Å². The molecule has 2 fully saturated rings.